The Kier molecular flexibility index (Phi) is 2.70. The molecule has 1 saturated carbocycles. The lowest BCUT2D eigenvalue weighted by Crippen LogP contribution is -2.48. The van der Waals surface area contributed by atoms with Crippen LogP contribution in [0.5, 0.6) is 0 Å². The smallest absolute Gasteiger partial charge is 0.0237 e. The van der Waals surface area contributed by atoms with Gasteiger partial charge in [0.25, 0.3) is 0 Å². The normalized spacial score (nSPS) is 34.2. The van der Waals surface area contributed by atoms with Crippen molar-refractivity contribution in [2.75, 3.05) is 6.54 Å². The van der Waals surface area contributed by atoms with E-state index in [0.717, 1.165) is 25.0 Å². The standard InChI is InChI=1S/C14H20N2/c15-14-10-16(13-7-6-12(14)8-13)9-11-4-2-1-3-5-11/h1-5,12-14H,6-10,15H2/t12-,13+,14-/m0/s1. The molecule has 1 aromatic rings. The summed E-state index contributed by atoms with van der Waals surface area (Å²) in [4.78, 5) is 2.59. The topological polar surface area (TPSA) is 29.3 Å². The van der Waals surface area contributed by atoms with Crippen molar-refractivity contribution in [3.63, 3.8) is 0 Å². The minimum absolute atomic E-state index is 0.405. The van der Waals surface area contributed by atoms with Crippen LogP contribution in [0.4, 0.5) is 0 Å². The third-order valence-electron chi connectivity index (χ3n) is 4.24. The molecule has 3 atom stereocenters. The fraction of sp³-hybridized carbons (Fsp3) is 0.571. The summed E-state index contributed by atoms with van der Waals surface area (Å²) in [7, 11) is 0. The van der Waals surface area contributed by atoms with Crippen LogP contribution in [0.25, 0.3) is 0 Å². The molecule has 86 valence electrons. The maximum absolute atomic E-state index is 6.22. The molecule has 3 rings (SSSR count). The first kappa shape index (κ1) is 10.3. The summed E-state index contributed by atoms with van der Waals surface area (Å²) in [6, 6.07) is 12.0. The van der Waals surface area contributed by atoms with Crippen LogP contribution in [0.1, 0.15) is 24.8 Å². The Labute approximate surface area is 97.4 Å². The first-order valence-electron chi connectivity index (χ1n) is 6.36. The van der Waals surface area contributed by atoms with E-state index in [0.29, 0.717) is 6.04 Å². The molecule has 2 nitrogen and oxygen atoms in total. The predicted octanol–water partition coefficient (Wildman–Crippen LogP) is 2.00. The summed E-state index contributed by atoms with van der Waals surface area (Å²) in [5.41, 5.74) is 7.64. The fourth-order valence-electron chi connectivity index (χ4n) is 3.29. The Morgan fingerprint density at radius 2 is 2.00 bits per heavy atom. The van der Waals surface area contributed by atoms with Gasteiger partial charge in [-0.1, -0.05) is 30.3 Å². The minimum Gasteiger partial charge on any atom is -0.326 e. The highest BCUT2D eigenvalue weighted by molar-refractivity contribution is 5.15. The Balaban J connectivity index is 1.71. The monoisotopic (exact) mass is 216 g/mol. The van der Waals surface area contributed by atoms with Gasteiger partial charge in [0.05, 0.1) is 0 Å². The van der Waals surface area contributed by atoms with E-state index in [1.165, 1.54) is 24.8 Å². The van der Waals surface area contributed by atoms with Crippen molar-refractivity contribution in [3.8, 4) is 0 Å². The van der Waals surface area contributed by atoms with Crippen LogP contribution >= 0.6 is 0 Å². The van der Waals surface area contributed by atoms with Gasteiger partial charge in [-0.25, -0.2) is 0 Å². The van der Waals surface area contributed by atoms with Gasteiger partial charge < -0.3 is 5.73 Å². The van der Waals surface area contributed by atoms with Crippen molar-refractivity contribution >= 4 is 0 Å². The van der Waals surface area contributed by atoms with Crippen LogP contribution in [0.3, 0.4) is 0 Å². The van der Waals surface area contributed by atoms with Gasteiger partial charge in [-0.3, -0.25) is 4.90 Å². The van der Waals surface area contributed by atoms with Gasteiger partial charge in [0.2, 0.25) is 0 Å². The Morgan fingerprint density at radius 1 is 1.19 bits per heavy atom. The Bertz CT molecular complexity index is 349. The molecule has 2 heteroatoms. The van der Waals surface area contributed by atoms with Crippen LogP contribution in [0.15, 0.2) is 30.3 Å². The fourth-order valence-corrected chi connectivity index (χ4v) is 3.29. The van der Waals surface area contributed by atoms with Crippen molar-refractivity contribution < 1.29 is 0 Å². The van der Waals surface area contributed by atoms with E-state index in [9.17, 15) is 0 Å². The van der Waals surface area contributed by atoms with Gasteiger partial charge >= 0.3 is 0 Å². The molecule has 1 heterocycles. The highest BCUT2D eigenvalue weighted by Crippen LogP contribution is 2.36. The lowest BCUT2D eigenvalue weighted by molar-refractivity contribution is 0.131. The summed E-state index contributed by atoms with van der Waals surface area (Å²) >= 11 is 0. The molecule has 0 amide bonds. The van der Waals surface area contributed by atoms with E-state index in [1.807, 2.05) is 0 Å². The number of hydrogen-bond acceptors (Lipinski definition) is 2. The van der Waals surface area contributed by atoms with Gasteiger partial charge in [-0.15, -0.1) is 0 Å². The predicted molar refractivity (Wildman–Crippen MR) is 66.0 cm³/mol. The Hall–Kier alpha value is -0.860. The number of rotatable bonds is 2. The molecule has 1 aliphatic heterocycles. The molecule has 2 fully saturated rings. The molecule has 2 N–H and O–H groups in total. The number of nitrogens with two attached hydrogens (primary N) is 1. The van der Waals surface area contributed by atoms with Crippen LogP contribution < -0.4 is 5.73 Å². The van der Waals surface area contributed by atoms with E-state index < -0.39 is 0 Å². The van der Waals surface area contributed by atoms with Crippen molar-refractivity contribution in [2.24, 2.45) is 11.7 Å². The molecule has 0 radical (unpaired) electrons. The summed E-state index contributed by atoms with van der Waals surface area (Å²) in [5, 5.41) is 0. The maximum atomic E-state index is 6.22. The van der Waals surface area contributed by atoms with Crippen molar-refractivity contribution in [1.29, 1.82) is 0 Å². The third kappa shape index (κ3) is 1.87. The Morgan fingerprint density at radius 3 is 2.81 bits per heavy atom. The van der Waals surface area contributed by atoms with Crippen LogP contribution in [-0.4, -0.2) is 23.5 Å². The quantitative estimate of drug-likeness (QED) is 0.819. The highest BCUT2D eigenvalue weighted by Gasteiger charge is 2.38. The van der Waals surface area contributed by atoms with Crippen molar-refractivity contribution in [2.45, 2.75) is 37.9 Å². The average Bonchev–Trinajstić information content (AvgIpc) is 2.73. The minimum atomic E-state index is 0.405. The second kappa shape index (κ2) is 4.19. The number of fused-ring (bicyclic) bond motifs is 2. The third-order valence-corrected chi connectivity index (χ3v) is 4.24. The van der Waals surface area contributed by atoms with E-state index in [2.05, 4.69) is 35.2 Å². The molecule has 16 heavy (non-hydrogen) atoms. The summed E-state index contributed by atoms with van der Waals surface area (Å²) in [6.07, 6.45) is 4.02. The van der Waals surface area contributed by atoms with Gasteiger partial charge in [-0.2, -0.15) is 0 Å². The number of hydrogen-bond donors (Lipinski definition) is 1. The summed E-state index contributed by atoms with van der Waals surface area (Å²) in [6.45, 7) is 2.16. The van der Waals surface area contributed by atoms with Crippen LogP contribution in [-0.2, 0) is 6.54 Å². The molecule has 1 saturated heterocycles. The van der Waals surface area contributed by atoms with E-state index in [-0.39, 0.29) is 0 Å². The molecule has 0 unspecified atom stereocenters. The zero-order valence-electron chi connectivity index (χ0n) is 9.68. The van der Waals surface area contributed by atoms with Crippen LogP contribution in [0, 0.1) is 5.92 Å². The van der Waals surface area contributed by atoms with Gasteiger partial charge in [0.15, 0.2) is 0 Å². The van der Waals surface area contributed by atoms with Crippen molar-refractivity contribution in [3.05, 3.63) is 35.9 Å². The van der Waals surface area contributed by atoms with Gasteiger partial charge in [-0.05, 0) is 30.7 Å². The number of benzene rings is 1. The second-order valence-electron chi connectivity index (χ2n) is 5.31. The maximum Gasteiger partial charge on any atom is 0.0237 e. The SMILES string of the molecule is N[C@H]1CN(Cc2ccccc2)[C@@H]2CC[C@H]1C2. The second-order valence-corrected chi connectivity index (χ2v) is 5.31. The summed E-state index contributed by atoms with van der Waals surface area (Å²) in [5.74, 6) is 0.803. The number of likely N-dealkylation sites (tertiary alicyclic amines) is 1. The molecule has 2 aliphatic rings. The molecular formula is C14H20N2. The zero-order chi connectivity index (χ0) is 11.0. The van der Waals surface area contributed by atoms with Crippen LogP contribution in [0.2, 0.25) is 0 Å². The average molecular weight is 216 g/mol. The lowest BCUT2D eigenvalue weighted by atomic mass is 9.94. The first-order chi connectivity index (χ1) is 7.83. The number of nitrogens with zero attached hydrogens (tertiary/aromatic N) is 1. The molecule has 1 aromatic carbocycles. The largest absolute Gasteiger partial charge is 0.326 e. The van der Waals surface area contributed by atoms with E-state index in [1.54, 1.807) is 0 Å². The molecule has 0 spiro atoms. The first-order valence-corrected chi connectivity index (χ1v) is 6.36. The number of piperidine rings is 1. The van der Waals surface area contributed by atoms with Crippen molar-refractivity contribution in [1.82, 2.24) is 4.90 Å². The highest BCUT2D eigenvalue weighted by atomic mass is 15.2. The lowest BCUT2D eigenvalue weighted by Gasteiger charge is -2.37. The van der Waals surface area contributed by atoms with E-state index >= 15 is 0 Å². The van der Waals surface area contributed by atoms with Gasteiger partial charge in [0, 0.05) is 25.2 Å². The molecule has 2 bridgehead atoms. The van der Waals surface area contributed by atoms with Gasteiger partial charge in [0.1, 0.15) is 0 Å². The zero-order valence-corrected chi connectivity index (χ0v) is 9.68. The molecule has 1 aliphatic carbocycles. The molecule has 0 aromatic heterocycles. The molecular weight excluding hydrogens is 196 g/mol. The van der Waals surface area contributed by atoms with E-state index in [4.69, 9.17) is 5.73 Å². The summed E-state index contributed by atoms with van der Waals surface area (Å²) < 4.78 is 0.